The van der Waals surface area contributed by atoms with E-state index in [1.165, 1.54) is 25.3 Å². The van der Waals surface area contributed by atoms with Crippen molar-refractivity contribution in [2.75, 3.05) is 12.4 Å². The van der Waals surface area contributed by atoms with Crippen LogP contribution in [0.4, 0.5) is 17.1 Å². The minimum absolute atomic E-state index is 0. The summed E-state index contributed by atoms with van der Waals surface area (Å²) >= 11 is 12.3. The molecule has 196 valence electrons. The van der Waals surface area contributed by atoms with E-state index in [0.29, 0.717) is 27.1 Å². The van der Waals surface area contributed by atoms with Gasteiger partial charge in [-0.3, -0.25) is 9.35 Å². The van der Waals surface area contributed by atoms with E-state index in [1.54, 1.807) is 43.3 Å². The maximum absolute atomic E-state index is 13.5. The summed E-state index contributed by atoms with van der Waals surface area (Å²) in [4.78, 5) is 12.7. The molecule has 0 aromatic heterocycles. The average Bonchev–Trinajstić information content (AvgIpc) is 2.87. The smallest absolute Gasteiger partial charge is 0.870 e. The molecule has 0 bridgehead atoms. The molecule has 0 atom stereocenters. The van der Waals surface area contributed by atoms with Crippen LogP contribution in [-0.4, -0.2) is 26.0 Å². The molecule has 4 rings (SSSR count). The number of benzene rings is 4. The zero-order valence-electron chi connectivity index (χ0n) is 21.0. The number of azo groups is 1. The molecule has 4 aromatic rings. The molecular weight excluding hydrogens is 576 g/mol. The Labute approximate surface area is 256 Å². The van der Waals surface area contributed by atoms with E-state index in [-0.39, 0.29) is 63.6 Å². The average molecular weight is 596 g/mol. The molecule has 1 amide bonds. The largest absolute Gasteiger partial charge is 1.00 e. The Hall–Kier alpha value is -2.70. The molecule has 9 nitrogen and oxygen atoms in total. The monoisotopic (exact) mass is 595 g/mol. The van der Waals surface area contributed by atoms with Gasteiger partial charge in [-0.2, -0.15) is 18.6 Å². The van der Waals surface area contributed by atoms with E-state index in [1.807, 2.05) is 0 Å². The van der Waals surface area contributed by atoms with Crippen molar-refractivity contribution in [2.24, 2.45) is 10.2 Å². The van der Waals surface area contributed by atoms with E-state index in [2.05, 4.69) is 15.5 Å². The molecule has 0 fully saturated rings. The summed E-state index contributed by atoms with van der Waals surface area (Å²) in [5, 5.41) is 25.6. The molecule has 0 aliphatic rings. The summed E-state index contributed by atoms with van der Waals surface area (Å²) in [6.45, 7) is 1.72. The van der Waals surface area contributed by atoms with Crippen LogP contribution >= 0.6 is 23.2 Å². The minimum atomic E-state index is -4.55. The summed E-state index contributed by atoms with van der Waals surface area (Å²) in [7, 11) is -3.11. The number of fused-ring (bicyclic) bond motifs is 1. The fourth-order valence-corrected chi connectivity index (χ4v) is 5.22. The topological polar surface area (TPSA) is 140 Å². The Bertz CT molecular complexity index is 1710. The first kappa shape index (κ1) is 30.8. The molecule has 2 N–H and O–H groups in total. The maximum atomic E-state index is 13.5. The van der Waals surface area contributed by atoms with Gasteiger partial charge in [0, 0.05) is 16.0 Å². The van der Waals surface area contributed by atoms with Gasteiger partial charge in [0.2, 0.25) is 0 Å². The number of halogens is 2. The van der Waals surface area contributed by atoms with Crippen LogP contribution in [0.2, 0.25) is 10.0 Å². The first-order valence-corrected chi connectivity index (χ1v) is 13.3. The Kier molecular flexibility index (Phi) is 10.0. The quantitative estimate of drug-likeness (QED) is 0.189. The number of carbonyl (C=O) groups excluding carboxylic acids is 1. The van der Waals surface area contributed by atoms with Crippen molar-refractivity contribution < 1.29 is 57.2 Å². The van der Waals surface area contributed by atoms with Gasteiger partial charge in [-0.1, -0.05) is 60.1 Å². The number of nitrogens with zero attached hydrogens (tertiary/aromatic N) is 2. The minimum Gasteiger partial charge on any atom is -0.870 e. The zero-order chi connectivity index (χ0) is 27.6. The van der Waals surface area contributed by atoms with Gasteiger partial charge in [0.1, 0.15) is 10.6 Å². The number of anilines is 1. The van der Waals surface area contributed by atoms with Gasteiger partial charge in [-0.25, -0.2) is 0 Å². The molecule has 0 radical (unpaired) electrons. The predicted octanol–water partition coefficient (Wildman–Crippen LogP) is 3.71. The molecule has 0 aliphatic heterocycles. The number of amides is 1. The van der Waals surface area contributed by atoms with Crippen molar-refractivity contribution in [1.82, 2.24) is 0 Å². The van der Waals surface area contributed by atoms with Crippen molar-refractivity contribution >= 4 is 67.1 Å². The second kappa shape index (κ2) is 12.6. The fraction of sp³-hybridized carbons (Fsp3) is 0.115. The van der Waals surface area contributed by atoms with E-state index in [9.17, 15) is 22.9 Å². The fourth-order valence-electron chi connectivity index (χ4n) is 3.87. The van der Waals surface area contributed by atoms with Gasteiger partial charge < -0.3 is 15.2 Å². The number of hydrogen-bond donors (Lipinski definition) is 2. The summed E-state index contributed by atoms with van der Waals surface area (Å²) in [6.07, 6.45) is 0.269. The summed E-state index contributed by atoms with van der Waals surface area (Å²) in [6, 6.07) is 15.4. The molecule has 0 saturated heterocycles. The van der Waals surface area contributed by atoms with Crippen molar-refractivity contribution in [3.05, 3.63) is 81.8 Å². The van der Waals surface area contributed by atoms with Crippen LogP contribution in [0.25, 0.3) is 10.8 Å². The summed E-state index contributed by atoms with van der Waals surface area (Å²) in [5.41, 5.74) is 0.511. The van der Waals surface area contributed by atoms with Crippen molar-refractivity contribution in [1.29, 1.82) is 0 Å². The number of carbonyl (C=O) groups is 1. The van der Waals surface area contributed by atoms with Gasteiger partial charge in [-0.05, 0) is 53.8 Å². The van der Waals surface area contributed by atoms with Crippen molar-refractivity contribution in [3.63, 3.8) is 0 Å². The van der Waals surface area contributed by atoms with Gasteiger partial charge in [0.05, 0.1) is 29.2 Å². The van der Waals surface area contributed by atoms with Crippen LogP contribution in [0.3, 0.4) is 0 Å². The molecular formula is C26H20Cl2N3NaO6S. The Morgan fingerprint density at radius 3 is 2.46 bits per heavy atom. The first-order valence-electron chi connectivity index (χ1n) is 11.1. The second-order valence-electron chi connectivity index (χ2n) is 8.03. The van der Waals surface area contributed by atoms with E-state index in [0.717, 1.165) is 6.07 Å². The van der Waals surface area contributed by atoms with Crippen LogP contribution in [0.1, 0.15) is 22.8 Å². The molecule has 0 spiro atoms. The third-order valence-corrected chi connectivity index (χ3v) is 7.38. The van der Waals surface area contributed by atoms with Crippen LogP contribution in [0.15, 0.2) is 75.8 Å². The number of hydrogen-bond acceptors (Lipinski definition) is 7. The molecule has 39 heavy (non-hydrogen) atoms. The second-order valence-corrected chi connectivity index (χ2v) is 10.2. The standard InChI is InChI=1S/C26H21Cl2N3O6S.Na/c1-3-16-19(9-11-22(23(16)28)38(34,35)36)30-31-24-17-7-5-4-6-14(17)12-18(25(24)32)26(33)29-20-13-15(27)8-10-21(20)37-2;/h4-13,32H,3H2,1-2H3,(H,29,33)(H,34,35,36);/q;+1/p-1. The number of nitrogens with one attached hydrogen (secondary N) is 1. The van der Waals surface area contributed by atoms with E-state index < -0.39 is 26.7 Å². The Morgan fingerprint density at radius 1 is 1.08 bits per heavy atom. The maximum Gasteiger partial charge on any atom is 1.00 e. The SMILES string of the molecule is CCc1c(N=Nc2c([O-])c(C(=O)Nc3cc(Cl)ccc3OC)cc3ccccc23)ccc(S(=O)(=O)O)c1Cl.[Na+]. The van der Waals surface area contributed by atoms with E-state index in [4.69, 9.17) is 27.9 Å². The number of rotatable bonds is 7. The van der Waals surface area contributed by atoms with Crippen LogP contribution < -0.4 is 44.7 Å². The van der Waals surface area contributed by atoms with Crippen LogP contribution in [0, 0.1) is 0 Å². The summed E-state index contributed by atoms with van der Waals surface area (Å²) < 4.78 is 37.9. The molecule has 0 aliphatic carbocycles. The third kappa shape index (κ3) is 6.55. The van der Waals surface area contributed by atoms with Crippen molar-refractivity contribution in [3.8, 4) is 11.5 Å². The first-order chi connectivity index (χ1) is 18.0. The van der Waals surface area contributed by atoms with Crippen molar-refractivity contribution in [2.45, 2.75) is 18.2 Å². The van der Waals surface area contributed by atoms with Gasteiger partial charge >= 0.3 is 29.6 Å². The Morgan fingerprint density at radius 2 is 1.79 bits per heavy atom. The van der Waals surface area contributed by atoms with Crippen LogP contribution in [-0.2, 0) is 16.5 Å². The molecule has 13 heteroatoms. The Balaban J connectivity index is 0.00000420. The normalized spacial score (nSPS) is 11.4. The van der Waals surface area contributed by atoms with Gasteiger partial charge in [0.15, 0.2) is 0 Å². The predicted molar refractivity (Wildman–Crippen MR) is 144 cm³/mol. The molecule has 0 unspecified atom stereocenters. The van der Waals surface area contributed by atoms with Crippen LogP contribution in [0.5, 0.6) is 11.5 Å². The molecule has 4 aromatic carbocycles. The third-order valence-electron chi connectivity index (χ3n) is 5.70. The molecule has 0 heterocycles. The van der Waals surface area contributed by atoms with Gasteiger partial charge in [-0.15, -0.1) is 0 Å². The number of ether oxygens (including phenoxy) is 1. The van der Waals surface area contributed by atoms with E-state index >= 15 is 0 Å². The van der Waals surface area contributed by atoms with Gasteiger partial charge in [0.25, 0.3) is 16.0 Å². The number of methoxy groups -OCH3 is 1. The summed E-state index contributed by atoms with van der Waals surface area (Å²) in [5.74, 6) is -1.02. The zero-order valence-corrected chi connectivity index (χ0v) is 25.4. The molecule has 0 saturated carbocycles.